The van der Waals surface area contributed by atoms with Crippen LogP contribution in [0, 0.1) is 0 Å². The summed E-state index contributed by atoms with van der Waals surface area (Å²) in [6, 6.07) is 25.0. The first-order chi connectivity index (χ1) is 13.3. The number of hydrogen-bond donors (Lipinski definition) is 0. The van der Waals surface area contributed by atoms with Crippen LogP contribution >= 0.6 is 11.3 Å². The fraction of sp³-hybridized carbons (Fsp3) is 0.0909. The van der Waals surface area contributed by atoms with Crippen molar-refractivity contribution in [3.05, 3.63) is 101 Å². The lowest BCUT2D eigenvalue weighted by molar-refractivity contribution is -0.145. The van der Waals surface area contributed by atoms with Gasteiger partial charge in [0.25, 0.3) is 0 Å². The van der Waals surface area contributed by atoms with Crippen molar-refractivity contribution in [2.24, 2.45) is 0 Å². The summed E-state index contributed by atoms with van der Waals surface area (Å²) >= 11 is 1.57. The zero-order valence-corrected chi connectivity index (χ0v) is 15.3. The molecule has 0 aliphatic carbocycles. The maximum atomic E-state index is 12.9. The quantitative estimate of drug-likeness (QED) is 0.430. The van der Waals surface area contributed by atoms with Crippen LogP contribution in [-0.2, 0) is 16.1 Å². The largest absolute Gasteiger partial charge is 0.458 e. The Morgan fingerprint density at radius 1 is 0.963 bits per heavy atom. The summed E-state index contributed by atoms with van der Waals surface area (Å²) in [5, 5.41) is 5.98. The van der Waals surface area contributed by atoms with Crippen molar-refractivity contribution in [1.29, 1.82) is 0 Å². The molecule has 2 aromatic heterocycles. The molecule has 0 spiro atoms. The summed E-state index contributed by atoms with van der Waals surface area (Å²) in [6.45, 7) is 0.0733. The summed E-state index contributed by atoms with van der Waals surface area (Å²) in [6.07, 6.45) is 0. The predicted molar refractivity (Wildman–Crippen MR) is 104 cm³/mol. The van der Waals surface area contributed by atoms with Gasteiger partial charge in [-0.1, -0.05) is 71.9 Å². The highest BCUT2D eigenvalue weighted by Gasteiger charge is 2.24. The minimum absolute atomic E-state index is 0.0733. The SMILES string of the molecule is O=C(OCc1cc(-c2cccs2)on1)C(c1ccccc1)c1ccccc1. The molecule has 4 rings (SSSR count). The Morgan fingerprint density at radius 3 is 2.22 bits per heavy atom. The van der Waals surface area contributed by atoms with Crippen molar-refractivity contribution in [2.75, 3.05) is 0 Å². The van der Waals surface area contributed by atoms with Gasteiger partial charge >= 0.3 is 5.97 Å². The van der Waals surface area contributed by atoms with Gasteiger partial charge in [-0.3, -0.25) is 4.79 Å². The van der Waals surface area contributed by atoms with E-state index >= 15 is 0 Å². The van der Waals surface area contributed by atoms with Crippen molar-refractivity contribution in [3.8, 4) is 10.6 Å². The molecule has 4 nitrogen and oxygen atoms in total. The van der Waals surface area contributed by atoms with Crippen molar-refractivity contribution in [2.45, 2.75) is 12.5 Å². The third kappa shape index (κ3) is 3.99. The molecule has 0 radical (unpaired) electrons. The van der Waals surface area contributed by atoms with Crippen molar-refractivity contribution in [3.63, 3.8) is 0 Å². The molecule has 2 aromatic carbocycles. The third-order valence-electron chi connectivity index (χ3n) is 4.19. The molecule has 0 aliphatic rings. The standard InChI is InChI=1S/C22H17NO3S/c24-22(25-15-18-14-19(26-23-18)20-12-7-13-27-20)21(16-8-3-1-4-9-16)17-10-5-2-6-11-17/h1-14,21H,15H2. The number of benzene rings is 2. The Balaban J connectivity index is 1.51. The van der Waals surface area contributed by atoms with Gasteiger partial charge in [0, 0.05) is 6.07 Å². The van der Waals surface area contributed by atoms with Gasteiger partial charge in [0.15, 0.2) is 5.76 Å². The highest BCUT2D eigenvalue weighted by atomic mass is 32.1. The summed E-state index contributed by atoms with van der Waals surface area (Å²) in [7, 11) is 0. The molecular formula is C22H17NO3S. The molecule has 0 aliphatic heterocycles. The van der Waals surface area contributed by atoms with Gasteiger partial charge in [-0.2, -0.15) is 0 Å². The first kappa shape index (κ1) is 17.2. The molecule has 0 unspecified atom stereocenters. The number of esters is 1. The number of ether oxygens (including phenoxy) is 1. The maximum Gasteiger partial charge on any atom is 0.318 e. The Morgan fingerprint density at radius 2 is 1.63 bits per heavy atom. The van der Waals surface area contributed by atoms with Gasteiger partial charge in [0.1, 0.15) is 18.2 Å². The van der Waals surface area contributed by atoms with E-state index in [4.69, 9.17) is 9.26 Å². The lowest BCUT2D eigenvalue weighted by atomic mass is 9.91. The van der Waals surface area contributed by atoms with E-state index in [0.29, 0.717) is 11.5 Å². The summed E-state index contributed by atoms with van der Waals surface area (Å²) in [5.74, 6) is -0.108. The zero-order valence-electron chi connectivity index (χ0n) is 14.4. The van der Waals surface area contributed by atoms with Crippen LogP contribution in [0.1, 0.15) is 22.7 Å². The predicted octanol–water partition coefficient (Wildman–Crippen LogP) is 5.28. The van der Waals surface area contributed by atoms with E-state index in [1.54, 1.807) is 17.4 Å². The van der Waals surface area contributed by atoms with Gasteiger partial charge in [0.2, 0.25) is 0 Å². The number of carbonyl (C=O) groups is 1. The molecule has 0 bridgehead atoms. The second kappa shape index (κ2) is 8.01. The fourth-order valence-electron chi connectivity index (χ4n) is 2.90. The second-order valence-electron chi connectivity index (χ2n) is 6.02. The Hall–Kier alpha value is -3.18. The van der Waals surface area contributed by atoms with Crippen LogP contribution in [0.15, 0.2) is 88.8 Å². The minimum atomic E-state index is -0.476. The highest BCUT2D eigenvalue weighted by Crippen LogP contribution is 2.28. The number of hydrogen-bond acceptors (Lipinski definition) is 5. The highest BCUT2D eigenvalue weighted by molar-refractivity contribution is 7.13. The number of nitrogens with zero attached hydrogens (tertiary/aromatic N) is 1. The van der Waals surface area contributed by atoms with Gasteiger partial charge in [0.05, 0.1) is 4.88 Å². The number of rotatable bonds is 6. The van der Waals surface area contributed by atoms with Gasteiger partial charge in [-0.25, -0.2) is 0 Å². The van der Waals surface area contributed by atoms with E-state index in [-0.39, 0.29) is 12.6 Å². The van der Waals surface area contributed by atoms with E-state index in [1.807, 2.05) is 78.2 Å². The van der Waals surface area contributed by atoms with Crippen molar-refractivity contribution < 1.29 is 14.1 Å². The smallest absolute Gasteiger partial charge is 0.318 e. The van der Waals surface area contributed by atoms with Crippen LogP contribution < -0.4 is 0 Å². The van der Waals surface area contributed by atoms with Crippen molar-refractivity contribution in [1.82, 2.24) is 5.16 Å². The van der Waals surface area contributed by atoms with E-state index in [1.165, 1.54) is 0 Å². The van der Waals surface area contributed by atoms with E-state index in [0.717, 1.165) is 16.0 Å². The second-order valence-corrected chi connectivity index (χ2v) is 6.97. The van der Waals surface area contributed by atoms with Crippen LogP contribution in [0.2, 0.25) is 0 Å². The lowest BCUT2D eigenvalue weighted by Gasteiger charge is -2.16. The molecule has 4 aromatic rings. The van der Waals surface area contributed by atoms with Gasteiger partial charge in [-0.05, 0) is 22.6 Å². The maximum absolute atomic E-state index is 12.9. The summed E-state index contributed by atoms with van der Waals surface area (Å²) < 4.78 is 10.9. The van der Waals surface area contributed by atoms with E-state index in [2.05, 4.69) is 5.16 Å². The number of carbonyl (C=O) groups excluding carboxylic acids is 1. The van der Waals surface area contributed by atoms with Crippen LogP contribution in [0.3, 0.4) is 0 Å². The average Bonchev–Trinajstić information content (AvgIpc) is 3.40. The van der Waals surface area contributed by atoms with Crippen LogP contribution in [-0.4, -0.2) is 11.1 Å². The molecule has 0 saturated carbocycles. The molecule has 134 valence electrons. The lowest BCUT2D eigenvalue weighted by Crippen LogP contribution is -2.17. The first-order valence-electron chi connectivity index (χ1n) is 8.57. The topological polar surface area (TPSA) is 52.3 Å². The number of aromatic nitrogens is 1. The van der Waals surface area contributed by atoms with Crippen LogP contribution in [0.25, 0.3) is 10.6 Å². The van der Waals surface area contributed by atoms with Crippen LogP contribution in [0.5, 0.6) is 0 Å². The molecule has 2 heterocycles. The summed E-state index contributed by atoms with van der Waals surface area (Å²) in [5.41, 5.74) is 2.38. The Kier molecular flexibility index (Phi) is 5.12. The van der Waals surface area contributed by atoms with Crippen LogP contribution in [0.4, 0.5) is 0 Å². The average molecular weight is 375 g/mol. The third-order valence-corrected chi connectivity index (χ3v) is 5.07. The Labute approximate surface area is 161 Å². The zero-order chi connectivity index (χ0) is 18.5. The molecule has 5 heteroatoms. The summed E-state index contributed by atoms with van der Waals surface area (Å²) in [4.78, 5) is 13.9. The molecule has 0 saturated heterocycles. The molecular weight excluding hydrogens is 358 g/mol. The molecule has 0 amide bonds. The first-order valence-corrected chi connectivity index (χ1v) is 9.45. The molecule has 0 atom stereocenters. The normalized spacial score (nSPS) is 10.9. The van der Waals surface area contributed by atoms with Gasteiger partial charge < -0.3 is 9.26 Å². The van der Waals surface area contributed by atoms with E-state index < -0.39 is 5.92 Å². The molecule has 27 heavy (non-hydrogen) atoms. The fourth-order valence-corrected chi connectivity index (χ4v) is 3.57. The number of thiophene rings is 1. The molecule has 0 N–H and O–H groups in total. The van der Waals surface area contributed by atoms with E-state index in [9.17, 15) is 4.79 Å². The molecule has 0 fully saturated rings. The van der Waals surface area contributed by atoms with Gasteiger partial charge in [-0.15, -0.1) is 11.3 Å². The Bertz CT molecular complexity index is 955. The van der Waals surface area contributed by atoms with Crippen molar-refractivity contribution >= 4 is 17.3 Å². The minimum Gasteiger partial charge on any atom is -0.458 e. The monoisotopic (exact) mass is 375 g/mol.